The zero-order chi connectivity index (χ0) is 21.6. The van der Waals surface area contributed by atoms with Gasteiger partial charge in [0, 0.05) is 42.9 Å². The average Bonchev–Trinajstić information content (AvgIpc) is 2.82. The van der Waals surface area contributed by atoms with E-state index in [0.29, 0.717) is 50.1 Å². The number of aryl methyl sites for hydroxylation is 1. The Hall–Kier alpha value is -3.36. The van der Waals surface area contributed by atoms with Crippen LogP contribution in [0.5, 0.6) is 0 Å². The normalized spacial score (nSPS) is 13.6. The smallest absolute Gasteiger partial charge is 0.264 e. The topological polar surface area (TPSA) is 51.5 Å². The van der Waals surface area contributed by atoms with Crippen LogP contribution in [-0.4, -0.2) is 41.7 Å². The van der Waals surface area contributed by atoms with E-state index < -0.39 is 0 Å². The maximum Gasteiger partial charge on any atom is 0.264 e. The predicted molar refractivity (Wildman–Crippen MR) is 122 cm³/mol. The molecule has 0 saturated carbocycles. The summed E-state index contributed by atoms with van der Waals surface area (Å²) in [4.78, 5) is 27.6. The van der Waals surface area contributed by atoms with Crippen LogP contribution in [0.2, 0.25) is 0 Å². The molecule has 1 aromatic heterocycles. The number of hydrogen-bond donors (Lipinski definition) is 0. The van der Waals surface area contributed by atoms with Gasteiger partial charge in [-0.2, -0.15) is 0 Å². The van der Waals surface area contributed by atoms with Crippen molar-refractivity contribution in [3.8, 4) is 17.5 Å². The first-order chi connectivity index (χ1) is 15.2. The van der Waals surface area contributed by atoms with Crippen molar-refractivity contribution in [3.05, 3.63) is 76.2 Å². The van der Waals surface area contributed by atoms with Gasteiger partial charge in [-0.05, 0) is 36.1 Å². The first-order valence-corrected chi connectivity index (χ1v) is 10.8. The van der Waals surface area contributed by atoms with Gasteiger partial charge in [0.1, 0.15) is 0 Å². The second-order valence-electron chi connectivity index (χ2n) is 7.53. The molecule has 0 aliphatic carbocycles. The number of nitrogens with zero attached hydrogens (tertiary/aromatic N) is 2. The van der Waals surface area contributed by atoms with E-state index >= 15 is 0 Å². The highest BCUT2D eigenvalue weighted by Crippen LogP contribution is 2.19. The van der Waals surface area contributed by atoms with Gasteiger partial charge in [-0.25, -0.2) is 0 Å². The number of morpholine rings is 1. The Labute approximate surface area is 182 Å². The fourth-order valence-electron chi connectivity index (χ4n) is 3.94. The molecule has 1 aliphatic heterocycles. The Balaban J connectivity index is 1.64. The van der Waals surface area contributed by atoms with Crippen LogP contribution in [0, 0.1) is 11.8 Å². The third-order valence-electron chi connectivity index (χ3n) is 5.55. The van der Waals surface area contributed by atoms with Crippen LogP contribution in [0.4, 0.5) is 0 Å². The Morgan fingerprint density at radius 1 is 1.06 bits per heavy atom. The fraction of sp³-hybridized carbons (Fsp3) is 0.308. The van der Waals surface area contributed by atoms with Gasteiger partial charge in [-0.15, -0.1) is 0 Å². The summed E-state index contributed by atoms with van der Waals surface area (Å²) >= 11 is 0. The number of aromatic nitrogens is 1. The Bertz CT molecular complexity index is 1200. The summed E-state index contributed by atoms with van der Waals surface area (Å²) in [5.41, 5.74) is 2.46. The highest BCUT2D eigenvalue weighted by Gasteiger charge is 2.16. The molecular weight excluding hydrogens is 388 g/mol. The van der Waals surface area contributed by atoms with Crippen molar-refractivity contribution in [2.75, 3.05) is 26.3 Å². The van der Waals surface area contributed by atoms with Crippen LogP contribution in [0.3, 0.4) is 0 Å². The van der Waals surface area contributed by atoms with Crippen molar-refractivity contribution in [1.29, 1.82) is 0 Å². The van der Waals surface area contributed by atoms with Crippen LogP contribution in [0.1, 0.15) is 31.0 Å². The van der Waals surface area contributed by atoms with Crippen LogP contribution in [0.15, 0.2) is 59.4 Å². The number of hydrogen-bond acceptors (Lipinski definition) is 3. The van der Waals surface area contributed by atoms with Crippen molar-refractivity contribution >= 4 is 16.7 Å². The quantitative estimate of drug-likeness (QED) is 0.614. The van der Waals surface area contributed by atoms with Gasteiger partial charge in [0.05, 0.1) is 18.6 Å². The Morgan fingerprint density at radius 3 is 2.58 bits per heavy atom. The number of carbonyl (C=O) groups excluding carboxylic acids is 1. The highest BCUT2D eigenvalue weighted by molar-refractivity contribution is 5.88. The summed E-state index contributed by atoms with van der Waals surface area (Å²) in [7, 11) is 0. The standard InChI is InChI=1S/C26H26N2O3/c1-2-22-19-21-11-8-10-20(9-6-7-14-24(29)27-15-17-31-18-16-27)25(21)26(30)28(22)23-12-4-3-5-13-23/h3-5,8,10-13,19H,2,7,14-18H2,1H3. The molecule has 0 spiro atoms. The number of rotatable bonds is 4. The number of para-hydroxylation sites is 1. The van der Waals surface area contributed by atoms with Gasteiger partial charge < -0.3 is 9.64 Å². The molecule has 158 valence electrons. The van der Waals surface area contributed by atoms with Crippen LogP contribution in [-0.2, 0) is 16.0 Å². The zero-order valence-electron chi connectivity index (χ0n) is 17.8. The first-order valence-electron chi connectivity index (χ1n) is 10.8. The molecule has 1 saturated heterocycles. The minimum atomic E-state index is -0.0603. The van der Waals surface area contributed by atoms with Crippen molar-refractivity contribution < 1.29 is 9.53 Å². The molecule has 2 heterocycles. The summed E-state index contributed by atoms with van der Waals surface area (Å²) in [5, 5.41) is 1.51. The number of fused-ring (bicyclic) bond motifs is 1. The summed E-state index contributed by atoms with van der Waals surface area (Å²) in [5.74, 6) is 6.35. The molecule has 0 atom stereocenters. The van der Waals surface area contributed by atoms with Crippen molar-refractivity contribution in [3.63, 3.8) is 0 Å². The van der Waals surface area contributed by atoms with E-state index in [1.807, 2.05) is 53.4 Å². The van der Waals surface area contributed by atoms with Gasteiger partial charge in [0.25, 0.3) is 5.56 Å². The lowest BCUT2D eigenvalue weighted by molar-refractivity contribution is -0.135. The molecule has 0 N–H and O–H groups in total. The summed E-state index contributed by atoms with van der Waals surface area (Å²) in [6, 6.07) is 17.5. The van der Waals surface area contributed by atoms with E-state index in [-0.39, 0.29) is 11.5 Å². The predicted octanol–water partition coefficient (Wildman–Crippen LogP) is 3.54. The van der Waals surface area contributed by atoms with E-state index in [9.17, 15) is 9.59 Å². The Kier molecular flexibility index (Phi) is 6.49. The minimum absolute atomic E-state index is 0.0603. The second kappa shape index (κ2) is 9.63. The number of carbonyl (C=O) groups is 1. The van der Waals surface area contributed by atoms with Crippen LogP contribution in [0.25, 0.3) is 16.5 Å². The minimum Gasteiger partial charge on any atom is -0.378 e. The lowest BCUT2D eigenvalue weighted by Crippen LogP contribution is -2.40. The van der Waals surface area contributed by atoms with Crippen molar-refractivity contribution in [1.82, 2.24) is 9.47 Å². The number of pyridine rings is 1. The molecule has 5 nitrogen and oxygen atoms in total. The fourth-order valence-corrected chi connectivity index (χ4v) is 3.94. The SMILES string of the molecule is CCc1cc2cccc(C#CCCC(=O)N3CCOCC3)c2c(=O)n1-c1ccccc1. The van der Waals surface area contributed by atoms with Gasteiger partial charge in [0.2, 0.25) is 5.91 Å². The molecular formula is C26H26N2O3. The van der Waals surface area contributed by atoms with E-state index in [1.165, 1.54) is 0 Å². The highest BCUT2D eigenvalue weighted by atomic mass is 16.5. The molecule has 4 rings (SSSR count). The molecule has 1 fully saturated rings. The molecule has 5 heteroatoms. The largest absolute Gasteiger partial charge is 0.378 e. The van der Waals surface area contributed by atoms with E-state index in [1.54, 1.807) is 4.57 Å². The molecule has 1 aliphatic rings. The molecule has 0 radical (unpaired) electrons. The third-order valence-corrected chi connectivity index (χ3v) is 5.55. The third kappa shape index (κ3) is 4.55. The van der Waals surface area contributed by atoms with Gasteiger partial charge in [-0.3, -0.25) is 14.2 Å². The van der Waals surface area contributed by atoms with Crippen LogP contribution < -0.4 is 5.56 Å². The number of ether oxygens (including phenoxy) is 1. The lowest BCUT2D eigenvalue weighted by Gasteiger charge is -2.26. The first kappa shape index (κ1) is 20.9. The number of benzene rings is 2. The van der Waals surface area contributed by atoms with E-state index in [0.717, 1.165) is 23.2 Å². The maximum atomic E-state index is 13.5. The molecule has 0 unspecified atom stereocenters. The second-order valence-corrected chi connectivity index (χ2v) is 7.53. The van der Waals surface area contributed by atoms with Gasteiger partial charge in [0.15, 0.2) is 0 Å². The zero-order valence-corrected chi connectivity index (χ0v) is 17.8. The molecule has 0 bridgehead atoms. The van der Waals surface area contributed by atoms with Crippen molar-refractivity contribution in [2.45, 2.75) is 26.2 Å². The summed E-state index contributed by atoms with van der Waals surface area (Å²) in [6.07, 6.45) is 1.60. The molecule has 3 aromatic rings. The summed E-state index contributed by atoms with van der Waals surface area (Å²) in [6.45, 7) is 4.54. The monoisotopic (exact) mass is 414 g/mol. The van der Waals surface area contributed by atoms with Gasteiger partial charge in [-0.1, -0.05) is 49.1 Å². The van der Waals surface area contributed by atoms with Gasteiger partial charge >= 0.3 is 0 Å². The molecule has 1 amide bonds. The maximum absolute atomic E-state index is 13.5. The lowest BCUT2D eigenvalue weighted by atomic mass is 10.0. The molecule has 2 aromatic carbocycles. The number of amides is 1. The Morgan fingerprint density at radius 2 is 1.84 bits per heavy atom. The summed E-state index contributed by atoms with van der Waals surface area (Å²) < 4.78 is 7.06. The molecule has 31 heavy (non-hydrogen) atoms. The van der Waals surface area contributed by atoms with Crippen molar-refractivity contribution in [2.24, 2.45) is 0 Å². The average molecular weight is 415 g/mol. The van der Waals surface area contributed by atoms with E-state index in [4.69, 9.17) is 4.74 Å². The van der Waals surface area contributed by atoms with E-state index in [2.05, 4.69) is 24.8 Å². The van der Waals surface area contributed by atoms with Crippen LogP contribution >= 0.6 is 0 Å².